The molecule has 0 atom stereocenters. The van der Waals surface area contributed by atoms with Gasteiger partial charge in [0.05, 0.1) is 0 Å². The first-order valence-corrected chi connectivity index (χ1v) is 6.94. The van der Waals surface area contributed by atoms with Gasteiger partial charge in [-0.3, -0.25) is 10.1 Å². The Morgan fingerprint density at radius 1 is 1.05 bits per heavy atom. The molecule has 7 heteroatoms. The van der Waals surface area contributed by atoms with Crippen LogP contribution in [0.1, 0.15) is 10.4 Å². The van der Waals surface area contributed by atoms with Gasteiger partial charge in [-0.15, -0.1) is 0 Å². The first-order chi connectivity index (χ1) is 9.94. The smallest absolute Gasteiger partial charge is 0.257 e. The highest BCUT2D eigenvalue weighted by molar-refractivity contribution is 7.80. The maximum absolute atomic E-state index is 12.8. The number of hydrogen-bond acceptors (Lipinski definition) is 2. The lowest BCUT2D eigenvalue weighted by atomic mass is 10.2. The lowest BCUT2D eigenvalue weighted by Gasteiger charge is -2.10. The van der Waals surface area contributed by atoms with Crippen LogP contribution in [0.25, 0.3) is 0 Å². The average molecular weight is 343 g/mol. The summed E-state index contributed by atoms with van der Waals surface area (Å²) in [5, 5.41) is 6.24. The molecule has 2 N–H and O–H groups in total. The van der Waals surface area contributed by atoms with E-state index in [9.17, 15) is 9.18 Å². The molecule has 0 aliphatic rings. The highest BCUT2D eigenvalue weighted by Gasteiger charge is 2.08. The summed E-state index contributed by atoms with van der Waals surface area (Å²) in [4.78, 5) is 11.9. The summed E-state index contributed by atoms with van der Waals surface area (Å²) < 4.78 is 12.8. The first kappa shape index (κ1) is 15.7. The van der Waals surface area contributed by atoms with Crippen molar-refractivity contribution in [3.05, 3.63) is 63.9 Å². The van der Waals surface area contributed by atoms with Crippen LogP contribution in [-0.2, 0) is 0 Å². The number of benzene rings is 2. The molecule has 0 saturated heterocycles. The van der Waals surface area contributed by atoms with Crippen molar-refractivity contribution in [2.45, 2.75) is 0 Å². The summed E-state index contributed by atoms with van der Waals surface area (Å²) in [5.74, 6) is -0.860. The van der Waals surface area contributed by atoms with Gasteiger partial charge in [-0.2, -0.15) is 0 Å². The summed E-state index contributed by atoms with van der Waals surface area (Å²) in [5.41, 5.74) is 0.849. The third-order valence-corrected chi connectivity index (χ3v) is 3.09. The fraction of sp³-hybridized carbons (Fsp3) is 0. The Labute approximate surface area is 136 Å². The molecular weight excluding hydrogens is 334 g/mol. The lowest BCUT2D eigenvalue weighted by Crippen LogP contribution is -2.34. The SMILES string of the molecule is O=C(NC(=S)Nc1cc(Cl)cc(Cl)c1)c1ccc(F)cc1. The van der Waals surface area contributed by atoms with Gasteiger partial charge < -0.3 is 5.32 Å². The Hall–Kier alpha value is -1.69. The van der Waals surface area contributed by atoms with Crippen LogP contribution in [0.2, 0.25) is 10.0 Å². The van der Waals surface area contributed by atoms with Gasteiger partial charge >= 0.3 is 0 Å². The second-order valence-corrected chi connectivity index (χ2v) is 5.35. The van der Waals surface area contributed by atoms with Gasteiger partial charge in [0.2, 0.25) is 0 Å². The molecule has 0 saturated carbocycles. The summed E-state index contributed by atoms with van der Waals surface area (Å²) in [6.07, 6.45) is 0. The van der Waals surface area contributed by atoms with E-state index >= 15 is 0 Å². The third-order valence-electron chi connectivity index (χ3n) is 2.45. The van der Waals surface area contributed by atoms with Crippen LogP contribution in [0.3, 0.4) is 0 Å². The van der Waals surface area contributed by atoms with Gasteiger partial charge in [0, 0.05) is 21.3 Å². The highest BCUT2D eigenvalue weighted by atomic mass is 35.5. The summed E-state index contributed by atoms with van der Waals surface area (Å²) in [6, 6.07) is 9.93. The zero-order valence-corrected chi connectivity index (χ0v) is 12.8. The van der Waals surface area contributed by atoms with Crippen LogP contribution < -0.4 is 10.6 Å². The largest absolute Gasteiger partial charge is 0.332 e. The van der Waals surface area contributed by atoms with Crippen molar-refractivity contribution in [1.29, 1.82) is 0 Å². The van der Waals surface area contributed by atoms with Gasteiger partial charge in [0.25, 0.3) is 5.91 Å². The normalized spacial score (nSPS) is 10.0. The zero-order chi connectivity index (χ0) is 15.4. The number of amides is 1. The molecular formula is C14H9Cl2FN2OS. The van der Waals surface area contributed by atoms with Crippen molar-refractivity contribution in [3.63, 3.8) is 0 Å². The molecule has 2 rings (SSSR count). The number of thiocarbonyl (C=S) groups is 1. The maximum Gasteiger partial charge on any atom is 0.257 e. The predicted molar refractivity (Wildman–Crippen MR) is 86.5 cm³/mol. The quantitative estimate of drug-likeness (QED) is 0.801. The molecule has 3 nitrogen and oxygen atoms in total. The van der Waals surface area contributed by atoms with E-state index in [1.54, 1.807) is 18.2 Å². The number of hydrogen-bond donors (Lipinski definition) is 2. The topological polar surface area (TPSA) is 41.1 Å². The Kier molecular flexibility index (Phi) is 5.12. The lowest BCUT2D eigenvalue weighted by molar-refractivity contribution is 0.0977. The van der Waals surface area contributed by atoms with Gasteiger partial charge in [0.1, 0.15) is 5.82 Å². The Morgan fingerprint density at radius 3 is 2.19 bits per heavy atom. The Morgan fingerprint density at radius 2 is 1.62 bits per heavy atom. The van der Waals surface area contributed by atoms with Crippen molar-refractivity contribution in [1.82, 2.24) is 5.32 Å². The Balaban J connectivity index is 2.01. The number of halogens is 3. The molecule has 0 bridgehead atoms. The zero-order valence-electron chi connectivity index (χ0n) is 10.5. The number of nitrogens with one attached hydrogen (secondary N) is 2. The molecule has 0 aromatic heterocycles. The third kappa shape index (κ3) is 4.67. The number of anilines is 1. The first-order valence-electron chi connectivity index (χ1n) is 5.78. The standard InChI is InChI=1S/C14H9Cl2FN2OS/c15-9-5-10(16)7-12(6-9)18-14(21)19-13(20)8-1-3-11(17)4-2-8/h1-7H,(H2,18,19,20,21). The van der Waals surface area contributed by atoms with Crippen molar-refractivity contribution in [3.8, 4) is 0 Å². The van der Waals surface area contributed by atoms with Crippen LogP contribution in [0, 0.1) is 5.82 Å². The monoisotopic (exact) mass is 342 g/mol. The summed E-state index contributed by atoms with van der Waals surface area (Å²) in [7, 11) is 0. The van der Waals surface area contributed by atoms with E-state index < -0.39 is 11.7 Å². The van der Waals surface area contributed by atoms with E-state index in [1.807, 2.05) is 0 Å². The molecule has 0 radical (unpaired) electrons. The van der Waals surface area contributed by atoms with Crippen LogP contribution in [0.5, 0.6) is 0 Å². The highest BCUT2D eigenvalue weighted by Crippen LogP contribution is 2.22. The maximum atomic E-state index is 12.8. The van der Waals surface area contributed by atoms with E-state index in [0.29, 0.717) is 21.3 Å². The van der Waals surface area contributed by atoms with E-state index in [0.717, 1.165) is 0 Å². The molecule has 0 fully saturated rings. The minimum Gasteiger partial charge on any atom is -0.332 e. The molecule has 1 amide bonds. The van der Waals surface area contributed by atoms with Crippen molar-refractivity contribution < 1.29 is 9.18 Å². The predicted octanol–water partition coefficient (Wildman–Crippen LogP) is 4.26. The summed E-state index contributed by atoms with van der Waals surface area (Å²) in [6.45, 7) is 0. The minimum absolute atomic E-state index is 0.0858. The molecule has 108 valence electrons. The van der Waals surface area contributed by atoms with E-state index in [-0.39, 0.29) is 5.11 Å². The van der Waals surface area contributed by atoms with Gasteiger partial charge in [-0.05, 0) is 54.7 Å². The number of rotatable bonds is 2. The molecule has 0 spiro atoms. The molecule has 0 heterocycles. The second-order valence-electron chi connectivity index (χ2n) is 4.07. The molecule has 2 aromatic carbocycles. The number of carbonyl (C=O) groups excluding carboxylic acids is 1. The molecule has 21 heavy (non-hydrogen) atoms. The van der Waals surface area contributed by atoms with Gasteiger partial charge in [-0.25, -0.2) is 4.39 Å². The van der Waals surface area contributed by atoms with Crippen LogP contribution in [-0.4, -0.2) is 11.0 Å². The second kappa shape index (κ2) is 6.85. The summed E-state index contributed by atoms with van der Waals surface area (Å²) >= 11 is 16.7. The van der Waals surface area contributed by atoms with E-state index in [1.165, 1.54) is 24.3 Å². The number of carbonyl (C=O) groups is 1. The average Bonchev–Trinajstić information content (AvgIpc) is 2.37. The van der Waals surface area contributed by atoms with Gasteiger partial charge in [0.15, 0.2) is 5.11 Å². The fourth-order valence-corrected chi connectivity index (χ4v) is 2.30. The van der Waals surface area contributed by atoms with Crippen molar-refractivity contribution in [2.75, 3.05) is 5.32 Å². The fourth-order valence-electron chi connectivity index (χ4n) is 1.56. The van der Waals surface area contributed by atoms with Crippen LogP contribution in [0.15, 0.2) is 42.5 Å². The molecule has 2 aromatic rings. The molecule has 0 aliphatic carbocycles. The molecule has 0 unspecified atom stereocenters. The van der Waals surface area contributed by atoms with Gasteiger partial charge in [-0.1, -0.05) is 23.2 Å². The van der Waals surface area contributed by atoms with Crippen molar-refractivity contribution in [2.24, 2.45) is 0 Å². The van der Waals surface area contributed by atoms with Crippen molar-refractivity contribution >= 4 is 52.1 Å². The minimum atomic E-state index is -0.444. The van der Waals surface area contributed by atoms with E-state index in [2.05, 4.69) is 10.6 Å². The Bertz CT molecular complexity index is 672. The molecule has 0 aliphatic heterocycles. The van der Waals surface area contributed by atoms with E-state index in [4.69, 9.17) is 35.4 Å². The van der Waals surface area contributed by atoms with Crippen LogP contribution >= 0.6 is 35.4 Å². The van der Waals surface area contributed by atoms with Crippen LogP contribution in [0.4, 0.5) is 10.1 Å².